The molecule has 0 bridgehead atoms. The zero-order chi connectivity index (χ0) is 25.7. The van der Waals surface area contributed by atoms with Crippen molar-refractivity contribution in [2.45, 2.75) is 26.1 Å². The minimum Gasteiger partial charge on any atom is -0.460 e. The molecule has 2 N–H and O–H groups in total. The normalized spacial score (nSPS) is 12.6. The Morgan fingerprint density at radius 2 is 1.00 bits per heavy atom. The maximum Gasteiger partial charge on any atom is 0.346 e. The summed E-state index contributed by atoms with van der Waals surface area (Å²) in [6.45, 7) is 2.15. The first-order valence-corrected chi connectivity index (χ1v) is 9.66. The molecule has 0 radical (unpaired) electrons. The molecule has 2 unspecified atom stereocenters. The Labute approximate surface area is 193 Å². The predicted octanol–water partition coefficient (Wildman–Crippen LogP) is 0.0138. The second kappa shape index (κ2) is 14.1. The molecular formula is C22H22O12. The Bertz CT molecular complexity index is 908. The van der Waals surface area contributed by atoms with E-state index in [-0.39, 0.29) is 13.2 Å². The highest BCUT2D eigenvalue weighted by molar-refractivity contribution is 6.10. The van der Waals surface area contributed by atoms with Crippen LogP contribution in [0, 0.1) is 0 Å². The average Bonchev–Trinajstić information content (AvgIpc) is 2.78. The van der Waals surface area contributed by atoms with Crippen LogP contribution < -0.4 is 0 Å². The van der Waals surface area contributed by atoms with Crippen LogP contribution in [-0.2, 0) is 38.1 Å². The molecule has 34 heavy (non-hydrogen) atoms. The molecule has 0 spiro atoms. The van der Waals surface area contributed by atoms with Gasteiger partial charge in [0, 0.05) is 24.3 Å². The first-order valence-electron chi connectivity index (χ1n) is 9.66. The average molecular weight is 478 g/mol. The third-order valence-electron chi connectivity index (χ3n) is 3.40. The van der Waals surface area contributed by atoms with Gasteiger partial charge in [-0.15, -0.1) is 0 Å². The van der Waals surface area contributed by atoms with Gasteiger partial charge >= 0.3 is 35.8 Å². The van der Waals surface area contributed by atoms with E-state index in [9.17, 15) is 28.8 Å². The number of aliphatic hydroxyl groups excluding tert-OH is 2. The van der Waals surface area contributed by atoms with Crippen LogP contribution in [0.5, 0.6) is 0 Å². The highest BCUT2D eigenvalue weighted by Gasteiger charge is 2.22. The summed E-state index contributed by atoms with van der Waals surface area (Å²) in [4.78, 5) is 70.7. The fourth-order valence-corrected chi connectivity index (χ4v) is 1.97. The highest BCUT2D eigenvalue weighted by atomic mass is 16.6. The van der Waals surface area contributed by atoms with Crippen LogP contribution in [0.2, 0.25) is 0 Å². The van der Waals surface area contributed by atoms with E-state index in [0.29, 0.717) is 24.3 Å². The Kier molecular flexibility index (Phi) is 11.5. The first-order chi connectivity index (χ1) is 16.0. The van der Waals surface area contributed by atoms with E-state index in [1.807, 2.05) is 0 Å². The van der Waals surface area contributed by atoms with E-state index in [4.69, 9.17) is 10.2 Å². The van der Waals surface area contributed by atoms with Crippen LogP contribution in [-0.4, -0.2) is 71.5 Å². The highest BCUT2D eigenvalue weighted by Crippen LogP contribution is 2.12. The summed E-state index contributed by atoms with van der Waals surface area (Å²) in [6.07, 6.45) is 0.745. The molecule has 0 aliphatic rings. The lowest BCUT2D eigenvalue weighted by Gasteiger charge is -2.07. The van der Waals surface area contributed by atoms with Crippen LogP contribution in [0.4, 0.5) is 0 Å². The zero-order valence-corrected chi connectivity index (χ0v) is 18.2. The molecule has 1 aromatic carbocycles. The maximum absolute atomic E-state index is 12.3. The van der Waals surface area contributed by atoms with E-state index in [0.717, 1.165) is 12.1 Å². The number of ether oxygens (including phenoxy) is 4. The minimum absolute atomic E-state index is 0.302. The molecule has 0 aliphatic heterocycles. The lowest BCUT2D eigenvalue weighted by molar-refractivity contribution is -0.141. The number of hydrogen-bond acceptors (Lipinski definition) is 12. The van der Waals surface area contributed by atoms with Crippen LogP contribution in [0.3, 0.4) is 0 Å². The number of benzene rings is 1. The minimum atomic E-state index is -1.27. The number of rotatable bonds is 10. The lowest BCUT2D eigenvalue weighted by atomic mass is 10.1. The fraction of sp³-hybridized carbons (Fsp3) is 0.273. The van der Waals surface area contributed by atoms with E-state index in [1.165, 1.54) is 26.0 Å². The summed E-state index contributed by atoms with van der Waals surface area (Å²) in [5.74, 6) is -6.98. The topological polar surface area (TPSA) is 180 Å². The van der Waals surface area contributed by atoms with Crippen molar-refractivity contribution < 1.29 is 57.9 Å². The van der Waals surface area contributed by atoms with Crippen molar-refractivity contribution in [2.75, 3.05) is 13.2 Å². The summed E-state index contributed by atoms with van der Waals surface area (Å²) < 4.78 is 18.2. The van der Waals surface area contributed by atoms with Crippen molar-refractivity contribution >= 4 is 35.8 Å². The van der Waals surface area contributed by atoms with Gasteiger partial charge in [-0.3, -0.25) is 0 Å². The number of carbonyl (C=O) groups excluding carboxylic acids is 6. The van der Waals surface area contributed by atoms with Crippen molar-refractivity contribution in [1.82, 2.24) is 0 Å². The van der Waals surface area contributed by atoms with Gasteiger partial charge in [-0.2, -0.15) is 0 Å². The number of carbonyl (C=O) groups is 6. The summed E-state index contributed by atoms with van der Waals surface area (Å²) >= 11 is 0. The molecule has 182 valence electrons. The molecule has 1 rings (SSSR count). The van der Waals surface area contributed by atoms with Gasteiger partial charge < -0.3 is 29.2 Å². The van der Waals surface area contributed by atoms with Gasteiger partial charge in [-0.05, 0) is 26.0 Å². The van der Waals surface area contributed by atoms with E-state index < -0.39 is 59.2 Å². The molecular weight excluding hydrogens is 456 g/mol. The molecule has 0 heterocycles. The molecule has 12 heteroatoms. The smallest absolute Gasteiger partial charge is 0.346 e. The SMILES string of the molecule is CC(O)COC(=O)/C=C\C(=O)OC(=O)c1ccccc1C(=O)OC(=O)/C=C\C(=O)OCC(C)O. The van der Waals surface area contributed by atoms with Gasteiger partial charge in [0.05, 0.1) is 23.3 Å². The van der Waals surface area contributed by atoms with Crippen LogP contribution in [0.15, 0.2) is 48.6 Å². The van der Waals surface area contributed by atoms with Gasteiger partial charge in [0.2, 0.25) is 0 Å². The number of aliphatic hydroxyl groups is 2. The maximum atomic E-state index is 12.3. The fourth-order valence-electron chi connectivity index (χ4n) is 1.97. The Hall–Kier alpha value is -4.16. The van der Waals surface area contributed by atoms with Crippen molar-refractivity contribution in [3.8, 4) is 0 Å². The van der Waals surface area contributed by atoms with Crippen molar-refractivity contribution in [3.05, 3.63) is 59.7 Å². The van der Waals surface area contributed by atoms with Crippen LogP contribution in [0.25, 0.3) is 0 Å². The summed E-state index contributed by atoms with van der Waals surface area (Å²) in [6, 6.07) is 4.95. The van der Waals surface area contributed by atoms with E-state index in [1.54, 1.807) is 0 Å². The van der Waals surface area contributed by atoms with Crippen molar-refractivity contribution in [2.24, 2.45) is 0 Å². The van der Waals surface area contributed by atoms with Crippen LogP contribution >= 0.6 is 0 Å². The molecule has 0 amide bonds. The third-order valence-corrected chi connectivity index (χ3v) is 3.40. The largest absolute Gasteiger partial charge is 0.460 e. The molecule has 1 aromatic rings. The Morgan fingerprint density at radius 3 is 1.32 bits per heavy atom. The zero-order valence-electron chi connectivity index (χ0n) is 18.2. The molecule has 0 aromatic heterocycles. The second-order valence-corrected chi connectivity index (χ2v) is 6.59. The molecule has 0 saturated carbocycles. The standard InChI is InChI=1S/C22H22O12/c1-13(23)11-31-17(25)7-9-19(27)33-21(29)15-5-3-4-6-16(15)22(30)34-20(28)10-8-18(26)32-12-14(2)24/h3-10,13-14,23-24H,11-12H2,1-2H3/b9-7-,10-8-. The number of hydrogen-bond donors (Lipinski definition) is 2. The summed E-state index contributed by atoms with van der Waals surface area (Å²) in [5, 5.41) is 18.0. The summed E-state index contributed by atoms with van der Waals surface area (Å²) in [7, 11) is 0. The van der Waals surface area contributed by atoms with Crippen molar-refractivity contribution in [1.29, 1.82) is 0 Å². The number of esters is 6. The van der Waals surface area contributed by atoms with Gasteiger partial charge in [0.1, 0.15) is 13.2 Å². The lowest BCUT2D eigenvalue weighted by Crippen LogP contribution is -2.18. The van der Waals surface area contributed by atoms with E-state index in [2.05, 4.69) is 18.9 Å². The molecule has 12 nitrogen and oxygen atoms in total. The summed E-state index contributed by atoms with van der Waals surface area (Å²) in [5.41, 5.74) is -0.835. The van der Waals surface area contributed by atoms with Gasteiger partial charge in [0.15, 0.2) is 0 Å². The predicted molar refractivity (Wildman–Crippen MR) is 111 cm³/mol. The van der Waals surface area contributed by atoms with Gasteiger partial charge in [-0.1, -0.05) is 12.1 Å². The van der Waals surface area contributed by atoms with Gasteiger partial charge in [0.25, 0.3) is 0 Å². The van der Waals surface area contributed by atoms with Crippen LogP contribution in [0.1, 0.15) is 34.6 Å². The van der Waals surface area contributed by atoms with Gasteiger partial charge in [-0.25, -0.2) is 28.8 Å². The molecule has 0 aliphatic carbocycles. The van der Waals surface area contributed by atoms with Crippen molar-refractivity contribution in [3.63, 3.8) is 0 Å². The van der Waals surface area contributed by atoms with E-state index >= 15 is 0 Å². The second-order valence-electron chi connectivity index (χ2n) is 6.59. The Morgan fingerprint density at radius 1 is 0.676 bits per heavy atom. The first kappa shape index (κ1) is 27.9. The monoisotopic (exact) mass is 478 g/mol. The molecule has 0 fully saturated rings. The third kappa shape index (κ3) is 10.9. The molecule has 0 saturated heterocycles. The Balaban J connectivity index is 2.75. The molecule has 2 atom stereocenters. The quantitative estimate of drug-likeness (QED) is 0.199.